The number of carbonyl (C=O) groups excluding carboxylic acids is 2. The van der Waals surface area contributed by atoms with Crippen LogP contribution < -0.4 is 10.1 Å². The monoisotopic (exact) mass is 383 g/mol. The fraction of sp³-hybridized carbons (Fsp3) is 0.579. The number of nitrogens with one attached hydrogen (secondary N) is 1. The van der Waals surface area contributed by atoms with Gasteiger partial charge in [-0.1, -0.05) is 6.92 Å². The van der Waals surface area contributed by atoms with Crippen LogP contribution in [0.4, 0.5) is 4.79 Å². The van der Waals surface area contributed by atoms with Gasteiger partial charge in [-0.2, -0.15) is 0 Å². The Bertz CT molecular complexity index is 612. The van der Waals surface area contributed by atoms with Gasteiger partial charge in [0, 0.05) is 16.7 Å². The van der Waals surface area contributed by atoms with Gasteiger partial charge >= 0.3 is 12.1 Å². The van der Waals surface area contributed by atoms with E-state index in [1.807, 2.05) is 52.8 Å². The van der Waals surface area contributed by atoms with Crippen LogP contribution in [0.2, 0.25) is 0 Å². The summed E-state index contributed by atoms with van der Waals surface area (Å²) < 4.78 is 15.5. The number of ether oxygens (including phenoxy) is 3. The van der Waals surface area contributed by atoms with Crippen LogP contribution in [-0.2, 0) is 14.3 Å². The van der Waals surface area contributed by atoms with Gasteiger partial charge in [0.2, 0.25) is 0 Å². The molecule has 0 saturated heterocycles. The zero-order valence-corrected chi connectivity index (χ0v) is 17.2. The zero-order valence-electron chi connectivity index (χ0n) is 16.4. The number of carbonyl (C=O) groups is 2. The highest BCUT2D eigenvalue weighted by atomic mass is 32.2. The van der Waals surface area contributed by atoms with Gasteiger partial charge in [0.05, 0.1) is 6.61 Å². The molecule has 1 aromatic rings. The lowest BCUT2D eigenvalue weighted by molar-refractivity contribution is -0.145. The number of thioether (sulfide) groups is 1. The van der Waals surface area contributed by atoms with Crippen molar-refractivity contribution < 1.29 is 23.8 Å². The van der Waals surface area contributed by atoms with Crippen LogP contribution in [-0.4, -0.2) is 42.7 Å². The molecule has 1 rings (SSSR count). The van der Waals surface area contributed by atoms with Crippen molar-refractivity contribution in [2.24, 2.45) is 0 Å². The van der Waals surface area contributed by atoms with Gasteiger partial charge in [-0.3, -0.25) is 0 Å². The normalized spacial score (nSPS) is 12.2. The summed E-state index contributed by atoms with van der Waals surface area (Å²) in [6.07, 6.45) is -0.413. The van der Waals surface area contributed by atoms with E-state index in [2.05, 4.69) is 5.32 Å². The Labute approximate surface area is 160 Å². The minimum absolute atomic E-state index is 0.0998. The number of esters is 1. The van der Waals surface area contributed by atoms with Crippen molar-refractivity contribution in [2.45, 2.75) is 57.3 Å². The first-order valence-electron chi connectivity index (χ1n) is 8.63. The summed E-state index contributed by atoms with van der Waals surface area (Å²) in [5.74, 6) is 0.272. The van der Waals surface area contributed by atoms with Gasteiger partial charge in [-0.05, 0) is 58.4 Å². The number of rotatable bonds is 8. The number of hydrogen-bond donors (Lipinski definition) is 1. The van der Waals surface area contributed by atoms with Crippen molar-refractivity contribution in [3.8, 4) is 5.75 Å². The molecule has 0 fully saturated rings. The first kappa shape index (κ1) is 22.2. The van der Waals surface area contributed by atoms with Crippen molar-refractivity contribution in [1.82, 2.24) is 5.32 Å². The Morgan fingerprint density at radius 3 is 2.54 bits per heavy atom. The minimum atomic E-state index is -0.503. The summed E-state index contributed by atoms with van der Waals surface area (Å²) in [6, 6.07) is 5.77. The van der Waals surface area contributed by atoms with Crippen LogP contribution >= 0.6 is 11.8 Å². The minimum Gasteiger partial charge on any atom is -0.482 e. The molecular formula is C19H29NO5S. The van der Waals surface area contributed by atoms with Crippen LogP contribution in [0.5, 0.6) is 5.75 Å². The van der Waals surface area contributed by atoms with E-state index in [1.54, 1.807) is 18.7 Å². The fourth-order valence-electron chi connectivity index (χ4n) is 2.01. The number of amides is 1. The third-order valence-corrected chi connectivity index (χ3v) is 4.16. The molecule has 0 radical (unpaired) electrons. The Balaban J connectivity index is 2.48. The quantitative estimate of drug-likeness (QED) is 0.541. The molecule has 0 aliphatic heterocycles. The Hall–Kier alpha value is -1.89. The van der Waals surface area contributed by atoms with E-state index in [9.17, 15) is 9.59 Å². The van der Waals surface area contributed by atoms with E-state index in [1.165, 1.54) is 0 Å². The first-order chi connectivity index (χ1) is 12.1. The lowest BCUT2D eigenvalue weighted by atomic mass is 10.2. The summed E-state index contributed by atoms with van der Waals surface area (Å²) in [6.45, 7) is 11.9. The molecule has 0 aromatic heterocycles. The van der Waals surface area contributed by atoms with Crippen LogP contribution in [0.15, 0.2) is 23.1 Å². The molecule has 26 heavy (non-hydrogen) atoms. The van der Waals surface area contributed by atoms with E-state index >= 15 is 0 Å². The second-order valence-electron chi connectivity index (χ2n) is 6.83. The van der Waals surface area contributed by atoms with Crippen molar-refractivity contribution in [3.63, 3.8) is 0 Å². The molecule has 1 aromatic carbocycles. The number of benzene rings is 1. The molecule has 0 unspecified atom stereocenters. The van der Waals surface area contributed by atoms with Crippen LogP contribution in [0.25, 0.3) is 0 Å². The predicted molar refractivity (Wildman–Crippen MR) is 103 cm³/mol. The van der Waals surface area contributed by atoms with Gasteiger partial charge in [0.1, 0.15) is 11.4 Å². The molecule has 7 heteroatoms. The van der Waals surface area contributed by atoms with Crippen molar-refractivity contribution >= 4 is 23.8 Å². The molecule has 1 N–H and O–H groups in total. The van der Waals surface area contributed by atoms with Gasteiger partial charge in [-0.25, -0.2) is 9.59 Å². The molecule has 1 atom stereocenters. The molecular weight excluding hydrogens is 354 g/mol. The highest BCUT2D eigenvalue weighted by Gasteiger charge is 2.16. The third kappa shape index (κ3) is 8.99. The SMILES string of the molecule is CCOC(=O)COc1ccc(S[C@H](C)CNC(=O)OC(C)(C)C)cc1C. The molecule has 146 valence electrons. The van der Waals surface area contributed by atoms with E-state index in [-0.39, 0.29) is 17.8 Å². The highest BCUT2D eigenvalue weighted by molar-refractivity contribution is 8.00. The van der Waals surface area contributed by atoms with Crippen molar-refractivity contribution in [1.29, 1.82) is 0 Å². The summed E-state index contributed by atoms with van der Waals surface area (Å²) in [5.41, 5.74) is 0.434. The molecule has 0 saturated carbocycles. The van der Waals surface area contributed by atoms with E-state index < -0.39 is 11.7 Å². The molecule has 0 spiro atoms. The molecule has 1 amide bonds. The van der Waals surface area contributed by atoms with Crippen LogP contribution in [0.1, 0.15) is 40.2 Å². The van der Waals surface area contributed by atoms with Crippen molar-refractivity contribution in [3.05, 3.63) is 23.8 Å². The van der Waals surface area contributed by atoms with Gasteiger partial charge in [0.25, 0.3) is 0 Å². The van der Waals surface area contributed by atoms with E-state index in [0.717, 1.165) is 10.5 Å². The second kappa shape index (κ2) is 10.3. The maximum absolute atomic E-state index is 11.7. The largest absolute Gasteiger partial charge is 0.482 e. The average molecular weight is 384 g/mol. The average Bonchev–Trinajstić information content (AvgIpc) is 2.51. The maximum Gasteiger partial charge on any atom is 0.407 e. The maximum atomic E-state index is 11.7. The summed E-state index contributed by atoms with van der Waals surface area (Å²) in [5, 5.41) is 2.95. The lowest BCUT2D eigenvalue weighted by Gasteiger charge is -2.20. The van der Waals surface area contributed by atoms with Crippen molar-refractivity contribution in [2.75, 3.05) is 19.8 Å². The van der Waals surface area contributed by atoms with Crippen LogP contribution in [0, 0.1) is 6.92 Å². The first-order valence-corrected chi connectivity index (χ1v) is 9.51. The highest BCUT2D eigenvalue weighted by Crippen LogP contribution is 2.28. The third-order valence-electron chi connectivity index (χ3n) is 3.07. The number of alkyl carbamates (subject to hydrolysis) is 1. The summed E-state index contributed by atoms with van der Waals surface area (Å²) in [4.78, 5) is 24.1. The standard InChI is InChI=1S/C19H29NO5S/c1-7-23-17(21)12-24-16-9-8-15(10-13(16)2)26-14(3)11-20-18(22)25-19(4,5)6/h8-10,14H,7,11-12H2,1-6H3,(H,20,22)/t14-/m1/s1. The lowest BCUT2D eigenvalue weighted by Crippen LogP contribution is -2.35. The smallest absolute Gasteiger partial charge is 0.407 e. The molecule has 0 heterocycles. The molecule has 0 aliphatic carbocycles. The van der Waals surface area contributed by atoms with Gasteiger partial charge in [0.15, 0.2) is 6.61 Å². The number of hydrogen-bond acceptors (Lipinski definition) is 6. The Morgan fingerprint density at radius 2 is 1.96 bits per heavy atom. The summed E-state index contributed by atoms with van der Waals surface area (Å²) >= 11 is 1.64. The van der Waals surface area contributed by atoms with E-state index in [4.69, 9.17) is 14.2 Å². The fourth-order valence-corrected chi connectivity index (χ4v) is 3.03. The topological polar surface area (TPSA) is 73.9 Å². The zero-order chi connectivity index (χ0) is 19.7. The molecule has 0 bridgehead atoms. The second-order valence-corrected chi connectivity index (χ2v) is 8.34. The number of aryl methyl sites for hydroxylation is 1. The van der Waals surface area contributed by atoms with Gasteiger partial charge < -0.3 is 19.5 Å². The summed E-state index contributed by atoms with van der Waals surface area (Å²) in [7, 11) is 0. The van der Waals surface area contributed by atoms with Crippen LogP contribution in [0.3, 0.4) is 0 Å². The van der Waals surface area contributed by atoms with Gasteiger partial charge in [-0.15, -0.1) is 11.8 Å². The molecule has 6 nitrogen and oxygen atoms in total. The molecule has 0 aliphatic rings. The Kier molecular flexibility index (Phi) is 8.78. The van der Waals surface area contributed by atoms with E-state index in [0.29, 0.717) is 18.9 Å². The Morgan fingerprint density at radius 1 is 1.27 bits per heavy atom. The predicted octanol–water partition coefficient (Wildman–Crippen LogP) is 3.94.